The summed E-state index contributed by atoms with van der Waals surface area (Å²) in [6, 6.07) is 5.19. The first-order chi connectivity index (χ1) is 11.8. The third-order valence-electron chi connectivity index (χ3n) is 3.26. The summed E-state index contributed by atoms with van der Waals surface area (Å²) in [6.07, 6.45) is 4.86. The zero-order chi connectivity index (χ0) is 18.0. The molecule has 0 aliphatic heterocycles. The Hall–Kier alpha value is -3.29. The molecule has 3 N–H and O–H groups in total. The van der Waals surface area contributed by atoms with Gasteiger partial charge in [-0.05, 0) is 39.0 Å². The van der Waals surface area contributed by atoms with Crippen LogP contribution < -0.4 is 26.8 Å². The smallest absolute Gasteiger partial charge is 0.253 e. The van der Waals surface area contributed by atoms with Crippen molar-refractivity contribution in [2.24, 2.45) is 0 Å². The molecule has 8 nitrogen and oxygen atoms in total. The normalized spacial score (nSPS) is 11.3. The number of nitrogens with zero attached hydrogens (tertiary/aromatic N) is 3. The molecule has 0 amide bonds. The summed E-state index contributed by atoms with van der Waals surface area (Å²) in [5, 5.41) is 8.98. The first-order valence-corrected chi connectivity index (χ1v) is 7.72. The van der Waals surface area contributed by atoms with E-state index in [4.69, 9.17) is 0 Å². The third kappa shape index (κ3) is 3.79. The summed E-state index contributed by atoms with van der Waals surface area (Å²) in [5.74, 6) is 0.774. The number of anilines is 5. The molecule has 0 aliphatic rings. The average Bonchev–Trinajstić information content (AvgIpc) is 2.58. The van der Waals surface area contributed by atoms with E-state index < -0.39 is 10.9 Å². The monoisotopic (exact) mass is 338 g/mol. The minimum Gasteiger partial charge on any atom is -0.375 e. The Bertz CT molecular complexity index is 955. The van der Waals surface area contributed by atoms with E-state index in [9.17, 15) is 9.59 Å². The van der Waals surface area contributed by atoms with Gasteiger partial charge in [-0.3, -0.25) is 14.6 Å². The van der Waals surface area contributed by atoms with Crippen LogP contribution in [0.3, 0.4) is 0 Å². The summed E-state index contributed by atoms with van der Waals surface area (Å²) < 4.78 is 0. The summed E-state index contributed by atoms with van der Waals surface area (Å²) in [7, 11) is 0. The van der Waals surface area contributed by atoms with Gasteiger partial charge in [0, 0.05) is 29.8 Å². The number of rotatable bonds is 5. The van der Waals surface area contributed by atoms with Gasteiger partial charge in [0.2, 0.25) is 5.95 Å². The Kier molecular flexibility index (Phi) is 4.18. The Balaban J connectivity index is 1.81. The molecule has 1 aromatic carbocycles. The lowest BCUT2D eigenvalue weighted by molar-refractivity contribution is 0.632. The maximum Gasteiger partial charge on any atom is 0.253 e. The maximum absolute atomic E-state index is 11.9. The van der Waals surface area contributed by atoms with Crippen molar-refractivity contribution >= 4 is 28.8 Å². The highest BCUT2D eigenvalue weighted by Gasteiger charge is 2.24. The summed E-state index contributed by atoms with van der Waals surface area (Å²) in [4.78, 5) is 36.0. The SMILES string of the molecule is CC(C)(C)Nc1c(Nc2ccnc(Nc3ccncc3)n2)c(=O)c1=O. The molecule has 0 spiro atoms. The zero-order valence-corrected chi connectivity index (χ0v) is 14.1. The highest BCUT2D eigenvalue weighted by atomic mass is 16.2. The first-order valence-electron chi connectivity index (χ1n) is 7.72. The van der Waals surface area contributed by atoms with E-state index in [2.05, 4.69) is 30.9 Å². The Morgan fingerprint density at radius 2 is 1.56 bits per heavy atom. The Labute approximate surface area is 144 Å². The maximum atomic E-state index is 11.9. The molecule has 0 saturated heterocycles. The molecule has 128 valence electrons. The highest BCUT2D eigenvalue weighted by Crippen LogP contribution is 2.23. The lowest BCUT2D eigenvalue weighted by Crippen LogP contribution is -2.41. The van der Waals surface area contributed by atoms with Crippen LogP contribution in [0.4, 0.5) is 28.8 Å². The van der Waals surface area contributed by atoms with Crippen molar-refractivity contribution in [2.75, 3.05) is 16.0 Å². The van der Waals surface area contributed by atoms with Gasteiger partial charge < -0.3 is 16.0 Å². The highest BCUT2D eigenvalue weighted by molar-refractivity contribution is 5.78. The van der Waals surface area contributed by atoms with E-state index in [0.717, 1.165) is 5.69 Å². The first kappa shape index (κ1) is 16.6. The minimum absolute atomic E-state index is 0.216. The second kappa shape index (κ2) is 6.31. The van der Waals surface area contributed by atoms with Gasteiger partial charge in [-0.25, -0.2) is 4.98 Å². The van der Waals surface area contributed by atoms with Gasteiger partial charge in [0.25, 0.3) is 10.9 Å². The number of hydrogen-bond acceptors (Lipinski definition) is 8. The van der Waals surface area contributed by atoms with E-state index in [1.54, 1.807) is 36.8 Å². The van der Waals surface area contributed by atoms with E-state index >= 15 is 0 Å². The third-order valence-corrected chi connectivity index (χ3v) is 3.26. The molecule has 25 heavy (non-hydrogen) atoms. The zero-order valence-electron chi connectivity index (χ0n) is 14.1. The molecular weight excluding hydrogens is 320 g/mol. The van der Waals surface area contributed by atoms with Crippen molar-refractivity contribution in [1.82, 2.24) is 15.0 Å². The van der Waals surface area contributed by atoms with Crippen molar-refractivity contribution in [2.45, 2.75) is 26.3 Å². The lowest BCUT2D eigenvalue weighted by atomic mass is 10.1. The van der Waals surface area contributed by atoms with Gasteiger partial charge in [-0.1, -0.05) is 0 Å². The van der Waals surface area contributed by atoms with Crippen LogP contribution >= 0.6 is 0 Å². The lowest BCUT2D eigenvalue weighted by Gasteiger charge is -2.24. The standard InChI is InChI=1S/C17H18N6O2/c1-17(2,3)23-13-12(14(24)15(13)25)21-11-6-9-19-16(22-11)20-10-4-7-18-8-5-10/h4-9,23H,1-3H3,(H2,18,19,20,21,22). The van der Waals surface area contributed by atoms with Crippen molar-refractivity contribution in [1.29, 1.82) is 0 Å². The topological polar surface area (TPSA) is 109 Å². The number of hydrogen-bond donors (Lipinski definition) is 3. The minimum atomic E-state index is -0.561. The Morgan fingerprint density at radius 1 is 0.880 bits per heavy atom. The van der Waals surface area contributed by atoms with E-state index in [-0.39, 0.29) is 16.9 Å². The van der Waals surface area contributed by atoms with Crippen LogP contribution in [0.5, 0.6) is 0 Å². The van der Waals surface area contributed by atoms with Crippen LogP contribution in [0.25, 0.3) is 0 Å². The molecule has 8 heteroatoms. The van der Waals surface area contributed by atoms with Crippen molar-refractivity contribution < 1.29 is 0 Å². The summed E-state index contributed by atoms with van der Waals surface area (Å²) in [6.45, 7) is 5.74. The number of nitrogens with one attached hydrogen (secondary N) is 3. The molecule has 2 heterocycles. The molecule has 0 saturated carbocycles. The van der Waals surface area contributed by atoms with Gasteiger partial charge in [-0.2, -0.15) is 4.98 Å². The Morgan fingerprint density at radius 3 is 2.24 bits per heavy atom. The fourth-order valence-electron chi connectivity index (χ4n) is 2.19. The van der Waals surface area contributed by atoms with Crippen molar-refractivity contribution in [3.8, 4) is 0 Å². The van der Waals surface area contributed by atoms with E-state index in [0.29, 0.717) is 11.8 Å². The number of pyridine rings is 1. The van der Waals surface area contributed by atoms with Crippen LogP contribution in [-0.4, -0.2) is 20.5 Å². The van der Waals surface area contributed by atoms with Gasteiger partial charge in [0.15, 0.2) is 0 Å². The van der Waals surface area contributed by atoms with Gasteiger partial charge in [0.05, 0.1) is 0 Å². The van der Waals surface area contributed by atoms with Crippen LogP contribution in [0.2, 0.25) is 0 Å². The molecule has 0 bridgehead atoms. The summed E-state index contributed by atoms with van der Waals surface area (Å²) in [5.41, 5.74) is -0.140. The second-order valence-electron chi connectivity index (χ2n) is 6.53. The predicted molar refractivity (Wildman–Crippen MR) is 97.6 cm³/mol. The van der Waals surface area contributed by atoms with Crippen LogP contribution in [0.1, 0.15) is 20.8 Å². The van der Waals surface area contributed by atoms with Crippen LogP contribution in [-0.2, 0) is 0 Å². The van der Waals surface area contributed by atoms with Crippen LogP contribution in [0.15, 0.2) is 46.4 Å². The van der Waals surface area contributed by atoms with E-state index in [1.165, 1.54) is 0 Å². The molecule has 0 aliphatic carbocycles. The average molecular weight is 338 g/mol. The molecule has 3 aromatic rings. The molecule has 0 unspecified atom stereocenters. The molecule has 0 atom stereocenters. The van der Waals surface area contributed by atoms with Gasteiger partial charge in [-0.15, -0.1) is 0 Å². The molecular formula is C17H18N6O2. The number of aromatic nitrogens is 3. The van der Waals surface area contributed by atoms with Gasteiger partial charge in [0.1, 0.15) is 17.2 Å². The molecule has 0 fully saturated rings. The quantitative estimate of drug-likeness (QED) is 0.607. The second-order valence-corrected chi connectivity index (χ2v) is 6.53. The summed E-state index contributed by atoms with van der Waals surface area (Å²) >= 11 is 0. The largest absolute Gasteiger partial charge is 0.375 e. The fourth-order valence-corrected chi connectivity index (χ4v) is 2.19. The molecule has 0 radical (unpaired) electrons. The molecule has 2 aromatic heterocycles. The molecule has 3 rings (SSSR count). The van der Waals surface area contributed by atoms with Crippen molar-refractivity contribution in [3.63, 3.8) is 0 Å². The van der Waals surface area contributed by atoms with Crippen LogP contribution in [0, 0.1) is 0 Å². The van der Waals surface area contributed by atoms with E-state index in [1.807, 2.05) is 20.8 Å². The van der Waals surface area contributed by atoms with Crippen molar-refractivity contribution in [3.05, 3.63) is 57.2 Å². The predicted octanol–water partition coefficient (Wildman–Crippen LogP) is 2.17. The van der Waals surface area contributed by atoms with Gasteiger partial charge >= 0.3 is 0 Å². The fraction of sp³-hybridized carbons (Fsp3) is 0.235.